The largest absolute Gasteiger partial charge is 0.352 e. The lowest BCUT2D eigenvalue weighted by Crippen LogP contribution is -2.52. The highest BCUT2D eigenvalue weighted by Gasteiger charge is 2.33. The van der Waals surface area contributed by atoms with E-state index in [9.17, 15) is 18.0 Å². The molecular formula is C32H38ClN3O4S. The summed E-state index contributed by atoms with van der Waals surface area (Å²) in [6.07, 6.45) is 3.95. The third-order valence-corrected chi connectivity index (χ3v) is 9.52. The van der Waals surface area contributed by atoms with Crippen molar-refractivity contribution in [1.82, 2.24) is 10.2 Å². The van der Waals surface area contributed by atoms with Crippen LogP contribution in [0.3, 0.4) is 0 Å². The first-order valence-corrected chi connectivity index (χ1v) is 15.8. The molecule has 0 aliphatic heterocycles. The van der Waals surface area contributed by atoms with E-state index in [0.717, 1.165) is 52.2 Å². The Morgan fingerprint density at radius 2 is 1.56 bits per heavy atom. The molecule has 1 N–H and O–H groups in total. The molecule has 1 aliphatic rings. The number of sulfonamides is 1. The molecule has 1 saturated carbocycles. The van der Waals surface area contributed by atoms with Crippen molar-refractivity contribution in [1.29, 1.82) is 0 Å². The van der Waals surface area contributed by atoms with Crippen molar-refractivity contribution < 1.29 is 18.0 Å². The van der Waals surface area contributed by atoms with Crippen LogP contribution in [-0.4, -0.2) is 43.8 Å². The summed E-state index contributed by atoms with van der Waals surface area (Å²) in [7, 11) is -4.11. The van der Waals surface area contributed by atoms with Crippen LogP contribution < -0.4 is 9.62 Å². The second-order valence-corrected chi connectivity index (χ2v) is 13.3. The van der Waals surface area contributed by atoms with Crippen LogP contribution in [0, 0.1) is 20.8 Å². The Morgan fingerprint density at radius 3 is 2.17 bits per heavy atom. The van der Waals surface area contributed by atoms with Gasteiger partial charge in [0.1, 0.15) is 12.6 Å². The van der Waals surface area contributed by atoms with Crippen molar-refractivity contribution in [2.24, 2.45) is 0 Å². The first-order valence-electron chi connectivity index (χ1n) is 14.0. The number of carbonyl (C=O) groups is 2. The quantitative estimate of drug-likeness (QED) is 0.314. The average Bonchev–Trinajstić information content (AvgIpc) is 3.42. The van der Waals surface area contributed by atoms with Crippen molar-refractivity contribution in [3.63, 3.8) is 0 Å². The van der Waals surface area contributed by atoms with Gasteiger partial charge in [0, 0.05) is 17.6 Å². The lowest BCUT2D eigenvalue weighted by molar-refractivity contribution is -0.139. The molecule has 3 aromatic rings. The Bertz CT molecular complexity index is 1480. The molecule has 0 unspecified atom stereocenters. The fourth-order valence-corrected chi connectivity index (χ4v) is 6.88. The number of carbonyl (C=O) groups excluding carboxylic acids is 2. The van der Waals surface area contributed by atoms with Gasteiger partial charge in [-0.25, -0.2) is 8.42 Å². The smallest absolute Gasteiger partial charge is 0.264 e. The number of halogens is 1. The molecule has 218 valence electrons. The Kier molecular flexibility index (Phi) is 9.76. The normalized spacial score (nSPS) is 14.5. The number of hydrogen-bond donors (Lipinski definition) is 1. The molecule has 0 heterocycles. The van der Waals surface area contributed by atoms with E-state index in [0.29, 0.717) is 10.7 Å². The van der Waals surface area contributed by atoms with Crippen LogP contribution in [0.5, 0.6) is 0 Å². The van der Waals surface area contributed by atoms with E-state index in [1.807, 2.05) is 32.9 Å². The predicted octanol–water partition coefficient (Wildman–Crippen LogP) is 5.94. The van der Waals surface area contributed by atoms with Crippen molar-refractivity contribution in [2.45, 2.75) is 76.9 Å². The zero-order valence-electron chi connectivity index (χ0n) is 24.1. The molecule has 3 aromatic carbocycles. The van der Waals surface area contributed by atoms with E-state index in [-0.39, 0.29) is 23.4 Å². The molecule has 1 fully saturated rings. The van der Waals surface area contributed by atoms with Gasteiger partial charge in [-0.15, -0.1) is 0 Å². The molecule has 4 rings (SSSR count). The molecule has 0 spiro atoms. The van der Waals surface area contributed by atoms with Gasteiger partial charge >= 0.3 is 0 Å². The second-order valence-electron chi connectivity index (χ2n) is 11.0. The van der Waals surface area contributed by atoms with Crippen LogP contribution in [0.25, 0.3) is 0 Å². The summed E-state index contributed by atoms with van der Waals surface area (Å²) in [4.78, 5) is 29.0. The number of hydrogen-bond acceptors (Lipinski definition) is 4. The Labute approximate surface area is 248 Å². The van der Waals surface area contributed by atoms with Crippen LogP contribution in [0.1, 0.15) is 54.9 Å². The van der Waals surface area contributed by atoms with Gasteiger partial charge in [-0.05, 0) is 93.6 Å². The molecule has 7 nitrogen and oxygen atoms in total. The topological polar surface area (TPSA) is 86.8 Å². The van der Waals surface area contributed by atoms with Crippen molar-refractivity contribution in [2.75, 3.05) is 10.8 Å². The number of anilines is 1. The summed E-state index contributed by atoms with van der Waals surface area (Å²) in [6.45, 7) is 6.96. The van der Waals surface area contributed by atoms with E-state index in [1.54, 1.807) is 61.5 Å². The van der Waals surface area contributed by atoms with Gasteiger partial charge in [0.25, 0.3) is 10.0 Å². The van der Waals surface area contributed by atoms with Gasteiger partial charge in [-0.3, -0.25) is 13.9 Å². The molecular weight excluding hydrogens is 558 g/mol. The SMILES string of the molecule is Cc1ccc(S(=O)(=O)N(CC(=O)N(Cc2cccc(Cl)c2)[C@H](C)C(=O)NC2CCCC2)c2cc(C)cc(C)c2)cc1. The highest BCUT2D eigenvalue weighted by Crippen LogP contribution is 2.27. The van der Waals surface area contributed by atoms with E-state index < -0.39 is 28.5 Å². The molecule has 0 bridgehead atoms. The minimum atomic E-state index is -4.11. The van der Waals surface area contributed by atoms with Crippen LogP contribution in [0.2, 0.25) is 5.02 Å². The van der Waals surface area contributed by atoms with Crippen LogP contribution in [0.15, 0.2) is 71.6 Å². The summed E-state index contributed by atoms with van der Waals surface area (Å²) in [5, 5.41) is 3.59. The van der Waals surface area contributed by atoms with Gasteiger partial charge in [0.15, 0.2) is 0 Å². The number of nitrogens with zero attached hydrogens (tertiary/aromatic N) is 2. The third-order valence-electron chi connectivity index (χ3n) is 7.49. The maximum absolute atomic E-state index is 14.1. The summed E-state index contributed by atoms with van der Waals surface area (Å²) in [5.74, 6) is -0.750. The van der Waals surface area contributed by atoms with Crippen molar-refractivity contribution in [3.05, 3.63) is 94.0 Å². The monoisotopic (exact) mass is 595 g/mol. The number of amides is 2. The summed E-state index contributed by atoms with van der Waals surface area (Å²) in [5.41, 5.74) is 3.80. The summed E-state index contributed by atoms with van der Waals surface area (Å²) < 4.78 is 29.2. The third kappa shape index (κ3) is 7.68. The first kappa shape index (κ1) is 30.6. The number of aryl methyl sites for hydroxylation is 3. The minimum absolute atomic E-state index is 0.0850. The van der Waals surface area contributed by atoms with E-state index >= 15 is 0 Å². The van der Waals surface area contributed by atoms with Crippen LogP contribution in [0.4, 0.5) is 5.69 Å². The van der Waals surface area contributed by atoms with Crippen molar-refractivity contribution in [3.8, 4) is 0 Å². The lowest BCUT2D eigenvalue weighted by Gasteiger charge is -2.32. The van der Waals surface area contributed by atoms with Gasteiger partial charge < -0.3 is 10.2 Å². The van der Waals surface area contributed by atoms with Gasteiger partial charge in [-0.1, -0.05) is 60.3 Å². The van der Waals surface area contributed by atoms with Crippen LogP contribution >= 0.6 is 11.6 Å². The van der Waals surface area contributed by atoms with Crippen LogP contribution in [-0.2, 0) is 26.2 Å². The standard InChI is InChI=1S/C32H38ClN3O4S/c1-22-12-14-30(15-13-22)41(39,40)36(29-17-23(2)16-24(3)18-29)21-31(37)35(20-26-8-7-9-27(33)19-26)25(4)32(38)34-28-10-5-6-11-28/h7-9,12-19,25,28H,5-6,10-11,20-21H2,1-4H3,(H,34,38)/t25-/m1/s1. The van der Waals surface area contributed by atoms with Gasteiger partial charge in [0.2, 0.25) is 11.8 Å². The predicted molar refractivity (Wildman–Crippen MR) is 163 cm³/mol. The van der Waals surface area contributed by atoms with E-state index in [2.05, 4.69) is 5.32 Å². The number of rotatable bonds is 10. The summed E-state index contributed by atoms with van der Waals surface area (Å²) >= 11 is 6.23. The highest BCUT2D eigenvalue weighted by atomic mass is 35.5. The number of benzene rings is 3. The average molecular weight is 596 g/mol. The molecule has 0 radical (unpaired) electrons. The molecule has 41 heavy (non-hydrogen) atoms. The minimum Gasteiger partial charge on any atom is -0.352 e. The first-order chi connectivity index (χ1) is 19.4. The molecule has 9 heteroatoms. The van der Waals surface area contributed by atoms with E-state index in [1.165, 1.54) is 4.90 Å². The molecule has 1 atom stereocenters. The lowest BCUT2D eigenvalue weighted by atomic mass is 10.1. The zero-order valence-corrected chi connectivity index (χ0v) is 25.6. The fraction of sp³-hybridized carbons (Fsp3) is 0.375. The van der Waals surface area contributed by atoms with E-state index in [4.69, 9.17) is 11.6 Å². The van der Waals surface area contributed by atoms with Gasteiger partial charge in [0.05, 0.1) is 10.6 Å². The fourth-order valence-electron chi connectivity index (χ4n) is 5.27. The molecule has 1 aliphatic carbocycles. The Balaban J connectivity index is 1.71. The highest BCUT2D eigenvalue weighted by molar-refractivity contribution is 7.92. The molecule has 0 aromatic heterocycles. The summed E-state index contributed by atoms with van der Waals surface area (Å²) in [6, 6.07) is 18.4. The Hall–Kier alpha value is -3.36. The molecule has 0 saturated heterocycles. The molecule has 2 amide bonds. The Morgan fingerprint density at radius 1 is 0.927 bits per heavy atom. The van der Waals surface area contributed by atoms with Crippen molar-refractivity contribution >= 4 is 39.1 Å². The maximum atomic E-state index is 14.1. The zero-order chi connectivity index (χ0) is 29.7. The van der Waals surface area contributed by atoms with Gasteiger partial charge in [-0.2, -0.15) is 0 Å². The maximum Gasteiger partial charge on any atom is 0.264 e. The number of nitrogens with one attached hydrogen (secondary N) is 1. The second kappa shape index (κ2) is 13.1.